The maximum Gasteiger partial charge on any atom is 0.240 e. The van der Waals surface area contributed by atoms with Crippen LogP contribution in [0.5, 0.6) is 0 Å². The van der Waals surface area contributed by atoms with Crippen LogP contribution in [0.3, 0.4) is 0 Å². The van der Waals surface area contributed by atoms with E-state index < -0.39 is 10.0 Å². The molecular weight excluding hydrogens is 398 g/mol. The first kappa shape index (κ1) is 20.9. The summed E-state index contributed by atoms with van der Waals surface area (Å²) >= 11 is 0. The average molecular weight is 428 g/mol. The number of rotatable bonds is 6. The van der Waals surface area contributed by atoms with E-state index in [-0.39, 0.29) is 18.9 Å². The van der Waals surface area contributed by atoms with Crippen molar-refractivity contribution in [3.05, 3.63) is 59.7 Å². The molecule has 2 aromatic rings. The van der Waals surface area contributed by atoms with E-state index in [0.717, 1.165) is 37.9 Å². The molecule has 160 valence electrons. The molecule has 6 nitrogen and oxygen atoms in total. The molecule has 7 heteroatoms. The number of aryl methyl sites for hydroxylation is 2. The molecule has 0 spiro atoms. The quantitative estimate of drug-likeness (QED) is 0.769. The summed E-state index contributed by atoms with van der Waals surface area (Å²) in [6, 6.07) is 15.6. The second-order valence-electron chi connectivity index (χ2n) is 7.99. The molecule has 2 aliphatic rings. The number of hydrogen-bond acceptors (Lipinski definition) is 4. The van der Waals surface area contributed by atoms with Crippen molar-refractivity contribution < 1.29 is 13.2 Å². The van der Waals surface area contributed by atoms with Crippen molar-refractivity contribution in [2.45, 2.75) is 37.0 Å². The number of fused-ring (bicyclic) bond motifs is 1. The van der Waals surface area contributed by atoms with Gasteiger partial charge in [-0.1, -0.05) is 24.3 Å². The minimum absolute atomic E-state index is 0.00384. The molecule has 0 atom stereocenters. The average Bonchev–Trinajstić information content (AvgIpc) is 2.79. The third-order valence-electron chi connectivity index (χ3n) is 6.01. The maximum atomic E-state index is 12.6. The van der Waals surface area contributed by atoms with Gasteiger partial charge in [0.15, 0.2) is 0 Å². The van der Waals surface area contributed by atoms with Gasteiger partial charge in [0.25, 0.3) is 0 Å². The molecule has 1 aliphatic heterocycles. The fourth-order valence-electron chi connectivity index (χ4n) is 4.26. The number of piperazine rings is 1. The van der Waals surface area contributed by atoms with Gasteiger partial charge < -0.3 is 9.80 Å². The zero-order valence-corrected chi connectivity index (χ0v) is 18.0. The molecule has 1 N–H and O–H groups in total. The highest BCUT2D eigenvalue weighted by Crippen LogP contribution is 2.24. The molecule has 0 aromatic heterocycles. The molecule has 1 heterocycles. The Morgan fingerprint density at radius 1 is 0.900 bits per heavy atom. The van der Waals surface area contributed by atoms with Crippen LogP contribution in [0.4, 0.5) is 5.69 Å². The number of anilines is 1. The monoisotopic (exact) mass is 427 g/mol. The molecule has 1 aliphatic carbocycles. The molecule has 2 aromatic carbocycles. The van der Waals surface area contributed by atoms with Crippen LogP contribution in [0.2, 0.25) is 0 Å². The summed E-state index contributed by atoms with van der Waals surface area (Å²) in [6.07, 6.45) is 4.41. The molecule has 4 rings (SSSR count). The zero-order valence-electron chi connectivity index (χ0n) is 17.2. The summed E-state index contributed by atoms with van der Waals surface area (Å²) in [5.74, 6) is -0.00384. The molecule has 1 fully saturated rings. The van der Waals surface area contributed by atoms with Gasteiger partial charge in [-0.25, -0.2) is 13.1 Å². The van der Waals surface area contributed by atoms with Gasteiger partial charge in [0, 0.05) is 44.8 Å². The van der Waals surface area contributed by atoms with Gasteiger partial charge in [0.05, 0.1) is 4.90 Å². The van der Waals surface area contributed by atoms with E-state index in [4.69, 9.17) is 0 Å². The number of amides is 1. The lowest BCUT2D eigenvalue weighted by atomic mass is 9.92. The predicted molar refractivity (Wildman–Crippen MR) is 118 cm³/mol. The van der Waals surface area contributed by atoms with Crippen LogP contribution >= 0.6 is 0 Å². The van der Waals surface area contributed by atoms with E-state index >= 15 is 0 Å². The lowest BCUT2D eigenvalue weighted by molar-refractivity contribution is -0.131. The van der Waals surface area contributed by atoms with E-state index in [2.05, 4.69) is 21.8 Å². The highest BCUT2D eigenvalue weighted by molar-refractivity contribution is 7.89. The highest BCUT2D eigenvalue weighted by Gasteiger charge is 2.22. The minimum atomic E-state index is -3.59. The Morgan fingerprint density at radius 2 is 1.60 bits per heavy atom. The number of hydrogen-bond donors (Lipinski definition) is 1. The Balaban J connectivity index is 1.26. The van der Waals surface area contributed by atoms with E-state index in [0.29, 0.717) is 18.0 Å². The highest BCUT2D eigenvalue weighted by atomic mass is 32.2. The summed E-state index contributed by atoms with van der Waals surface area (Å²) in [5, 5.41) is 0. The number of carbonyl (C=O) groups is 1. The molecule has 0 bridgehead atoms. The third kappa shape index (κ3) is 4.84. The largest absolute Gasteiger partial charge is 0.368 e. The van der Waals surface area contributed by atoms with Crippen LogP contribution in [0, 0.1) is 0 Å². The predicted octanol–water partition coefficient (Wildman–Crippen LogP) is 2.58. The van der Waals surface area contributed by atoms with Gasteiger partial charge in [0.1, 0.15) is 0 Å². The first-order valence-electron chi connectivity index (χ1n) is 10.7. The molecule has 0 radical (unpaired) electrons. The van der Waals surface area contributed by atoms with E-state index in [9.17, 15) is 13.2 Å². The first-order valence-corrected chi connectivity index (χ1v) is 12.2. The molecule has 30 heavy (non-hydrogen) atoms. The molecular formula is C23H29N3O3S. The summed E-state index contributed by atoms with van der Waals surface area (Å²) in [7, 11) is -3.59. The molecule has 0 unspecified atom stereocenters. The van der Waals surface area contributed by atoms with Crippen molar-refractivity contribution in [3.8, 4) is 0 Å². The van der Waals surface area contributed by atoms with Crippen LogP contribution in [0.1, 0.15) is 30.4 Å². The lowest BCUT2D eigenvalue weighted by Gasteiger charge is -2.36. The standard InChI is InChI=1S/C23H29N3O3S/c27-23(26-16-14-25(15-17-26)21-8-2-1-3-9-21)12-13-24-30(28,29)22-11-10-19-6-4-5-7-20(19)18-22/h1-3,8-11,18,24H,4-7,12-17H2. The summed E-state index contributed by atoms with van der Waals surface area (Å²) in [6.45, 7) is 3.01. The molecule has 0 saturated carbocycles. The number of benzene rings is 2. The number of carbonyl (C=O) groups excluding carboxylic acids is 1. The summed E-state index contributed by atoms with van der Waals surface area (Å²) in [4.78, 5) is 16.9. The minimum Gasteiger partial charge on any atom is -0.368 e. The lowest BCUT2D eigenvalue weighted by Crippen LogP contribution is -2.49. The van der Waals surface area contributed by atoms with Crippen molar-refractivity contribution in [3.63, 3.8) is 0 Å². The Hall–Kier alpha value is -2.38. The smallest absolute Gasteiger partial charge is 0.240 e. The van der Waals surface area contributed by atoms with Gasteiger partial charge in [0.2, 0.25) is 15.9 Å². The van der Waals surface area contributed by atoms with E-state index in [1.807, 2.05) is 29.2 Å². The Labute approximate surface area is 178 Å². The topological polar surface area (TPSA) is 69.7 Å². The van der Waals surface area contributed by atoms with Crippen LogP contribution < -0.4 is 9.62 Å². The van der Waals surface area contributed by atoms with Gasteiger partial charge in [-0.2, -0.15) is 0 Å². The van der Waals surface area contributed by atoms with Crippen molar-refractivity contribution in [2.24, 2.45) is 0 Å². The van der Waals surface area contributed by atoms with Crippen LogP contribution in [0.15, 0.2) is 53.4 Å². The summed E-state index contributed by atoms with van der Waals surface area (Å²) in [5.41, 5.74) is 3.56. The van der Waals surface area contributed by atoms with Crippen molar-refractivity contribution in [1.29, 1.82) is 0 Å². The maximum absolute atomic E-state index is 12.6. The van der Waals surface area contributed by atoms with Gasteiger partial charge in [-0.3, -0.25) is 4.79 Å². The Bertz CT molecular complexity index is 984. The normalized spacial score (nSPS) is 16.9. The fourth-order valence-corrected chi connectivity index (χ4v) is 5.35. The van der Waals surface area contributed by atoms with Crippen LogP contribution in [0.25, 0.3) is 0 Å². The van der Waals surface area contributed by atoms with E-state index in [1.165, 1.54) is 17.7 Å². The second-order valence-corrected chi connectivity index (χ2v) is 9.76. The van der Waals surface area contributed by atoms with Crippen LogP contribution in [-0.2, 0) is 27.7 Å². The number of nitrogens with zero attached hydrogens (tertiary/aromatic N) is 2. The first-order chi connectivity index (χ1) is 14.5. The van der Waals surface area contributed by atoms with Crippen molar-refractivity contribution in [2.75, 3.05) is 37.6 Å². The number of nitrogens with one attached hydrogen (secondary N) is 1. The molecule has 1 saturated heterocycles. The van der Waals surface area contributed by atoms with Crippen molar-refractivity contribution >= 4 is 21.6 Å². The number of sulfonamides is 1. The Morgan fingerprint density at radius 3 is 2.33 bits per heavy atom. The van der Waals surface area contributed by atoms with Crippen LogP contribution in [-0.4, -0.2) is 51.9 Å². The van der Waals surface area contributed by atoms with Gasteiger partial charge in [-0.05, 0) is 61.1 Å². The zero-order chi connectivity index (χ0) is 21.0. The van der Waals surface area contributed by atoms with Crippen molar-refractivity contribution in [1.82, 2.24) is 9.62 Å². The Kier molecular flexibility index (Phi) is 6.39. The number of para-hydroxylation sites is 1. The third-order valence-corrected chi connectivity index (χ3v) is 7.47. The second kappa shape index (κ2) is 9.18. The van der Waals surface area contributed by atoms with Gasteiger partial charge in [-0.15, -0.1) is 0 Å². The van der Waals surface area contributed by atoms with Gasteiger partial charge >= 0.3 is 0 Å². The molecule has 1 amide bonds. The summed E-state index contributed by atoms with van der Waals surface area (Å²) < 4.78 is 27.9. The fraction of sp³-hybridized carbons (Fsp3) is 0.435. The van der Waals surface area contributed by atoms with E-state index in [1.54, 1.807) is 12.1 Å². The SMILES string of the molecule is O=C(CCNS(=O)(=O)c1ccc2c(c1)CCCC2)N1CCN(c2ccccc2)CC1.